The molecule has 0 fully saturated rings. The lowest BCUT2D eigenvalue weighted by Gasteiger charge is -2.21. The van der Waals surface area contributed by atoms with E-state index in [-0.39, 0.29) is 12.1 Å². The molecule has 0 saturated heterocycles. The molecule has 2 atom stereocenters. The van der Waals surface area contributed by atoms with Gasteiger partial charge in [0.05, 0.1) is 6.10 Å². The van der Waals surface area contributed by atoms with E-state index in [4.69, 9.17) is 9.47 Å². The molecular weight excluding hydrogens is 288 g/mol. The van der Waals surface area contributed by atoms with E-state index in [1.54, 1.807) is 0 Å². The molecule has 1 heterocycles. The molecule has 2 aromatic carbocycles. The molecule has 3 nitrogen and oxygen atoms in total. The van der Waals surface area contributed by atoms with Gasteiger partial charge in [-0.2, -0.15) is 0 Å². The Kier molecular flexibility index (Phi) is 4.30. The third kappa shape index (κ3) is 3.35. The number of allylic oxidation sites excluding steroid dienone is 1. The highest BCUT2D eigenvalue weighted by atomic mass is 16.7. The zero-order valence-electron chi connectivity index (χ0n) is 13.6. The predicted octanol–water partition coefficient (Wildman–Crippen LogP) is 4.69. The summed E-state index contributed by atoms with van der Waals surface area (Å²) in [5, 5.41) is 2.32. The minimum atomic E-state index is -0.647. The third-order valence-corrected chi connectivity index (χ3v) is 3.82. The van der Waals surface area contributed by atoms with E-state index < -0.39 is 6.29 Å². The largest absolute Gasteiger partial charge is 0.428 e. The van der Waals surface area contributed by atoms with Crippen molar-refractivity contribution in [1.29, 1.82) is 0 Å². The molecule has 3 rings (SSSR count). The Labute approximate surface area is 136 Å². The third-order valence-electron chi connectivity index (χ3n) is 3.82. The van der Waals surface area contributed by atoms with Gasteiger partial charge in [-0.3, -0.25) is 0 Å². The maximum absolute atomic E-state index is 11.6. The highest BCUT2D eigenvalue weighted by molar-refractivity contribution is 5.87. The quantitative estimate of drug-likeness (QED) is 0.768. The predicted molar refractivity (Wildman–Crippen MR) is 90.8 cm³/mol. The van der Waals surface area contributed by atoms with Crippen molar-refractivity contribution in [3.05, 3.63) is 71.3 Å². The van der Waals surface area contributed by atoms with Crippen molar-refractivity contribution in [3.8, 4) is 0 Å². The number of fused-ring (bicyclic) bond motifs is 1. The number of ether oxygens (including phenoxy) is 2. The maximum atomic E-state index is 11.6. The highest BCUT2D eigenvalue weighted by Crippen LogP contribution is 2.30. The molecule has 1 aliphatic rings. The number of carbonyl (C=O) groups is 1. The average molecular weight is 308 g/mol. The smallest absolute Gasteiger partial charge is 0.333 e. The van der Waals surface area contributed by atoms with Crippen LogP contribution in [0.5, 0.6) is 0 Å². The molecular formula is C20H20O3. The fourth-order valence-corrected chi connectivity index (χ4v) is 2.82. The molecule has 2 unspecified atom stereocenters. The number of benzene rings is 2. The van der Waals surface area contributed by atoms with Crippen LogP contribution in [0.15, 0.2) is 65.8 Å². The van der Waals surface area contributed by atoms with Gasteiger partial charge in [0, 0.05) is 11.6 Å². The zero-order chi connectivity index (χ0) is 16.4. The number of rotatable bonds is 4. The Bertz CT molecular complexity index is 792. The topological polar surface area (TPSA) is 35.5 Å². The van der Waals surface area contributed by atoms with Gasteiger partial charge in [-0.05, 0) is 37.1 Å². The van der Waals surface area contributed by atoms with Gasteiger partial charge in [-0.1, -0.05) is 54.1 Å². The molecule has 0 aliphatic carbocycles. The van der Waals surface area contributed by atoms with E-state index >= 15 is 0 Å². The fraction of sp³-hybridized carbons (Fsp3) is 0.250. The molecule has 1 aliphatic heterocycles. The van der Waals surface area contributed by atoms with E-state index in [2.05, 4.69) is 18.2 Å². The second-order valence-electron chi connectivity index (χ2n) is 5.98. The summed E-state index contributed by atoms with van der Waals surface area (Å²) in [7, 11) is 0. The van der Waals surface area contributed by atoms with Gasteiger partial charge in [0.15, 0.2) is 0 Å². The molecule has 0 saturated carbocycles. The summed E-state index contributed by atoms with van der Waals surface area (Å²) in [6.07, 6.45) is 2.58. The Morgan fingerprint density at radius 2 is 1.91 bits per heavy atom. The monoisotopic (exact) mass is 308 g/mol. The normalized spacial score (nSPS) is 18.5. The van der Waals surface area contributed by atoms with E-state index in [1.165, 1.54) is 11.5 Å². The van der Waals surface area contributed by atoms with E-state index in [9.17, 15) is 4.79 Å². The summed E-state index contributed by atoms with van der Waals surface area (Å²) in [6.45, 7) is 5.94. The van der Waals surface area contributed by atoms with Crippen LogP contribution in [0.4, 0.5) is 0 Å². The second kappa shape index (κ2) is 6.39. The van der Waals surface area contributed by atoms with Crippen LogP contribution in [-0.2, 0) is 14.3 Å². The van der Waals surface area contributed by atoms with Crippen LogP contribution in [0.1, 0.15) is 32.4 Å². The molecule has 0 aromatic heterocycles. The zero-order valence-corrected chi connectivity index (χ0v) is 13.6. The molecule has 2 aromatic rings. The summed E-state index contributed by atoms with van der Waals surface area (Å²) in [5.41, 5.74) is 2.95. The van der Waals surface area contributed by atoms with Crippen LogP contribution in [-0.4, -0.2) is 12.3 Å². The number of carbonyl (C=O) groups excluding carboxylic acids is 1. The van der Waals surface area contributed by atoms with Crippen LogP contribution in [0, 0.1) is 0 Å². The Morgan fingerprint density at radius 3 is 2.70 bits per heavy atom. The summed E-state index contributed by atoms with van der Waals surface area (Å²) in [4.78, 5) is 11.6. The molecule has 0 bridgehead atoms. The van der Waals surface area contributed by atoms with Crippen molar-refractivity contribution in [2.45, 2.75) is 33.2 Å². The Balaban J connectivity index is 1.86. The van der Waals surface area contributed by atoms with Crippen LogP contribution in [0.3, 0.4) is 0 Å². The van der Waals surface area contributed by atoms with Crippen molar-refractivity contribution in [2.24, 2.45) is 0 Å². The molecule has 0 N–H and O–H groups in total. The molecule has 118 valence electrons. The van der Waals surface area contributed by atoms with Crippen molar-refractivity contribution in [3.63, 3.8) is 0 Å². The molecule has 3 heteroatoms. The average Bonchev–Trinajstić information content (AvgIpc) is 2.85. The number of esters is 1. The first-order chi connectivity index (χ1) is 11.0. The lowest BCUT2D eigenvalue weighted by molar-refractivity contribution is -0.166. The van der Waals surface area contributed by atoms with Gasteiger partial charge in [0.2, 0.25) is 6.29 Å². The van der Waals surface area contributed by atoms with Crippen LogP contribution >= 0.6 is 0 Å². The summed E-state index contributed by atoms with van der Waals surface area (Å²) >= 11 is 0. The van der Waals surface area contributed by atoms with E-state index in [0.29, 0.717) is 0 Å². The van der Waals surface area contributed by atoms with Crippen molar-refractivity contribution >= 4 is 16.7 Å². The van der Waals surface area contributed by atoms with E-state index in [1.807, 2.05) is 51.1 Å². The van der Waals surface area contributed by atoms with Gasteiger partial charge in [-0.15, -0.1) is 0 Å². The Morgan fingerprint density at radius 1 is 1.17 bits per heavy atom. The second-order valence-corrected chi connectivity index (χ2v) is 5.98. The van der Waals surface area contributed by atoms with Crippen LogP contribution < -0.4 is 0 Å². The number of hydrogen-bond donors (Lipinski definition) is 0. The standard InChI is InChI=1S/C20H20O3/c1-13(2)11-16-12-19(21)23-20(16)22-14(3)17-10-6-8-15-7-4-5-9-18(15)17/h4-12,14,20H,1-3H3. The van der Waals surface area contributed by atoms with E-state index in [0.717, 1.165) is 22.1 Å². The van der Waals surface area contributed by atoms with Gasteiger partial charge in [0.1, 0.15) is 0 Å². The molecule has 0 radical (unpaired) electrons. The number of hydrogen-bond acceptors (Lipinski definition) is 3. The van der Waals surface area contributed by atoms with Crippen molar-refractivity contribution in [2.75, 3.05) is 0 Å². The van der Waals surface area contributed by atoms with Gasteiger partial charge >= 0.3 is 5.97 Å². The lowest BCUT2D eigenvalue weighted by Crippen LogP contribution is -2.18. The first-order valence-electron chi connectivity index (χ1n) is 7.75. The highest BCUT2D eigenvalue weighted by Gasteiger charge is 2.28. The molecule has 0 spiro atoms. The fourth-order valence-electron chi connectivity index (χ4n) is 2.82. The molecule has 0 amide bonds. The minimum Gasteiger partial charge on any atom is -0.428 e. The SMILES string of the molecule is CC(C)=CC1=CC(=O)OC1OC(C)c1cccc2ccccc12. The maximum Gasteiger partial charge on any atom is 0.333 e. The van der Waals surface area contributed by atoms with Crippen LogP contribution in [0.2, 0.25) is 0 Å². The summed E-state index contributed by atoms with van der Waals surface area (Å²) < 4.78 is 11.3. The van der Waals surface area contributed by atoms with Crippen LogP contribution in [0.25, 0.3) is 10.8 Å². The van der Waals surface area contributed by atoms with Crippen molar-refractivity contribution in [1.82, 2.24) is 0 Å². The van der Waals surface area contributed by atoms with Crippen molar-refractivity contribution < 1.29 is 14.3 Å². The lowest BCUT2D eigenvalue weighted by atomic mass is 10.0. The van der Waals surface area contributed by atoms with Gasteiger partial charge < -0.3 is 9.47 Å². The number of cyclic esters (lactones) is 1. The summed E-state index contributed by atoms with van der Waals surface area (Å²) in [5.74, 6) is -0.354. The minimum absolute atomic E-state index is 0.189. The van der Waals surface area contributed by atoms with Gasteiger partial charge in [-0.25, -0.2) is 4.79 Å². The Hall–Kier alpha value is -2.39. The molecule has 23 heavy (non-hydrogen) atoms. The first kappa shape index (κ1) is 15.5. The summed E-state index contributed by atoms with van der Waals surface area (Å²) in [6, 6.07) is 14.3. The first-order valence-corrected chi connectivity index (χ1v) is 7.75. The van der Waals surface area contributed by atoms with Gasteiger partial charge in [0.25, 0.3) is 0 Å².